The molecule has 3 nitrogen and oxygen atoms in total. The minimum atomic E-state index is -0.763. The first-order valence-electron chi connectivity index (χ1n) is 6.59. The lowest BCUT2D eigenvalue weighted by atomic mass is 9.80. The van der Waals surface area contributed by atoms with Gasteiger partial charge in [-0.05, 0) is 47.1 Å². The summed E-state index contributed by atoms with van der Waals surface area (Å²) in [5.41, 5.74) is 7.09. The van der Waals surface area contributed by atoms with Crippen LogP contribution in [0.2, 0.25) is 0 Å². The molecule has 0 bridgehead atoms. The number of nitrogens with two attached hydrogens (primary N) is 1. The zero-order valence-electron chi connectivity index (χ0n) is 12.8. The van der Waals surface area contributed by atoms with Crippen molar-refractivity contribution in [1.29, 1.82) is 0 Å². The van der Waals surface area contributed by atoms with Gasteiger partial charge in [-0.15, -0.1) is 0 Å². The molecule has 1 rings (SSSR count). The molecule has 0 radical (unpaired) electrons. The Morgan fingerprint density at radius 3 is 2.26 bits per heavy atom. The van der Waals surface area contributed by atoms with E-state index in [1.54, 1.807) is 0 Å². The van der Waals surface area contributed by atoms with Crippen molar-refractivity contribution < 1.29 is 9.53 Å². The van der Waals surface area contributed by atoms with Crippen molar-refractivity contribution in [2.24, 2.45) is 11.1 Å². The van der Waals surface area contributed by atoms with Crippen molar-refractivity contribution in [3.05, 3.63) is 35.4 Å². The van der Waals surface area contributed by atoms with Crippen LogP contribution >= 0.6 is 0 Å². The summed E-state index contributed by atoms with van der Waals surface area (Å²) >= 11 is 0. The van der Waals surface area contributed by atoms with E-state index in [4.69, 9.17) is 10.5 Å². The number of carbonyl (C=O) groups is 1. The Hall–Kier alpha value is -1.35. The molecule has 0 aliphatic carbocycles. The summed E-state index contributed by atoms with van der Waals surface area (Å²) in [6.07, 6.45) is 0. The standard InChI is InChI=1S/C16H25NO2/c1-11-8-7-9-12(10-11)13(17)16(5,6)14(18)19-15(2,3)4/h7-10,13H,17H2,1-6H3/t13-/m0/s1. The average Bonchev–Trinajstić information content (AvgIpc) is 2.25. The highest BCUT2D eigenvalue weighted by molar-refractivity contribution is 5.77. The third kappa shape index (κ3) is 4.06. The molecule has 1 aromatic rings. The maximum atomic E-state index is 12.3. The number of carbonyl (C=O) groups excluding carboxylic acids is 1. The van der Waals surface area contributed by atoms with Crippen molar-refractivity contribution in [2.75, 3.05) is 0 Å². The molecule has 0 saturated heterocycles. The molecule has 19 heavy (non-hydrogen) atoms. The molecular formula is C16H25NO2. The van der Waals surface area contributed by atoms with Gasteiger partial charge in [-0.25, -0.2) is 0 Å². The van der Waals surface area contributed by atoms with Crippen LogP contribution in [0.25, 0.3) is 0 Å². The van der Waals surface area contributed by atoms with Crippen LogP contribution in [0.5, 0.6) is 0 Å². The van der Waals surface area contributed by atoms with Gasteiger partial charge < -0.3 is 10.5 Å². The molecule has 106 valence electrons. The van der Waals surface area contributed by atoms with Crippen LogP contribution in [0.15, 0.2) is 24.3 Å². The highest BCUT2D eigenvalue weighted by Crippen LogP contribution is 2.34. The number of hydrogen-bond donors (Lipinski definition) is 1. The Kier molecular flexibility index (Phi) is 4.41. The summed E-state index contributed by atoms with van der Waals surface area (Å²) in [7, 11) is 0. The molecule has 0 spiro atoms. The summed E-state index contributed by atoms with van der Waals surface area (Å²) in [6, 6.07) is 7.54. The molecule has 0 fully saturated rings. The van der Waals surface area contributed by atoms with Crippen molar-refractivity contribution in [3.8, 4) is 0 Å². The van der Waals surface area contributed by atoms with Gasteiger partial charge in [-0.1, -0.05) is 29.8 Å². The zero-order chi connectivity index (χ0) is 14.8. The van der Waals surface area contributed by atoms with Crippen LogP contribution in [-0.2, 0) is 9.53 Å². The van der Waals surface area contributed by atoms with Gasteiger partial charge in [0.15, 0.2) is 0 Å². The fourth-order valence-electron chi connectivity index (χ4n) is 1.82. The summed E-state index contributed by atoms with van der Waals surface area (Å²) in [5.74, 6) is -0.269. The van der Waals surface area contributed by atoms with Crippen LogP contribution in [-0.4, -0.2) is 11.6 Å². The number of rotatable bonds is 3. The molecule has 0 amide bonds. The summed E-state index contributed by atoms with van der Waals surface area (Å²) in [4.78, 5) is 12.3. The SMILES string of the molecule is Cc1cccc([C@H](N)C(C)(C)C(=O)OC(C)(C)C)c1. The minimum absolute atomic E-state index is 0.269. The number of benzene rings is 1. The summed E-state index contributed by atoms with van der Waals surface area (Å²) in [6.45, 7) is 11.2. The summed E-state index contributed by atoms with van der Waals surface area (Å²) in [5, 5.41) is 0. The predicted molar refractivity (Wildman–Crippen MR) is 77.7 cm³/mol. The normalized spacial score (nSPS) is 14.1. The van der Waals surface area contributed by atoms with Gasteiger partial charge in [0.1, 0.15) is 5.60 Å². The third-order valence-electron chi connectivity index (χ3n) is 3.10. The van der Waals surface area contributed by atoms with E-state index in [2.05, 4.69) is 0 Å². The van der Waals surface area contributed by atoms with Gasteiger partial charge in [0, 0.05) is 6.04 Å². The van der Waals surface area contributed by atoms with Gasteiger partial charge in [0.25, 0.3) is 0 Å². The molecule has 1 atom stereocenters. The lowest BCUT2D eigenvalue weighted by Gasteiger charge is -2.33. The van der Waals surface area contributed by atoms with Crippen molar-refractivity contribution in [3.63, 3.8) is 0 Å². The molecule has 0 aliphatic rings. The second-order valence-electron chi connectivity index (χ2n) is 6.62. The van der Waals surface area contributed by atoms with E-state index < -0.39 is 11.0 Å². The maximum Gasteiger partial charge on any atom is 0.313 e. The van der Waals surface area contributed by atoms with Crippen molar-refractivity contribution in [1.82, 2.24) is 0 Å². The largest absolute Gasteiger partial charge is 0.460 e. The van der Waals surface area contributed by atoms with Crippen LogP contribution in [0, 0.1) is 12.3 Å². The number of hydrogen-bond acceptors (Lipinski definition) is 3. The van der Waals surface area contributed by atoms with Gasteiger partial charge in [0.2, 0.25) is 0 Å². The molecule has 1 aromatic carbocycles. The van der Waals surface area contributed by atoms with E-state index in [1.165, 1.54) is 0 Å². The first-order valence-corrected chi connectivity index (χ1v) is 6.59. The first kappa shape index (κ1) is 15.7. The van der Waals surface area contributed by atoms with E-state index in [-0.39, 0.29) is 12.0 Å². The Bertz CT molecular complexity index is 458. The highest BCUT2D eigenvalue weighted by atomic mass is 16.6. The average molecular weight is 263 g/mol. The maximum absolute atomic E-state index is 12.3. The van der Waals surface area contributed by atoms with E-state index in [9.17, 15) is 4.79 Å². The quantitative estimate of drug-likeness (QED) is 0.851. The fraction of sp³-hybridized carbons (Fsp3) is 0.562. The molecule has 2 N–H and O–H groups in total. The van der Waals surface area contributed by atoms with E-state index in [0.717, 1.165) is 11.1 Å². The topological polar surface area (TPSA) is 52.3 Å². The lowest BCUT2D eigenvalue weighted by molar-refractivity contribution is -0.167. The van der Waals surface area contributed by atoms with Gasteiger partial charge in [0.05, 0.1) is 5.41 Å². The fourth-order valence-corrected chi connectivity index (χ4v) is 1.82. The number of aryl methyl sites for hydroxylation is 1. The van der Waals surface area contributed by atoms with E-state index >= 15 is 0 Å². The molecule has 0 unspecified atom stereocenters. The zero-order valence-corrected chi connectivity index (χ0v) is 12.8. The number of esters is 1. The Morgan fingerprint density at radius 1 is 1.21 bits per heavy atom. The Balaban J connectivity index is 2.96. The molecule has 0 saturated carbocycles. The first-order chi connectivity index (χ1) is 8.54. The Morgan fingerprint density at radius 2 is 1.79 bits per heavy atom. The van der Waals surface area contributed by atoms with Gasteiger partial charge >= 0.3 is 5.97 Å². The van der Waals surface area contributed by atoms with E-state index in [1.807, 2.05) is 65.8 Å². The molecule has 3 heteroatoms. The monoisotopic (exact) mass is 263 g/mol. The van der Waals surface area contributed by atoms with Crippen LogP contribution < -0.4 is 5.73 Å². The number of ether oxygens (including phenoxy) is 1. The molecular weight excluding hydrogens is 238 g/mol. The smallest absolute Gasteiger partial charge is 0.313 e. The second-order valence-corrected chi connectivity index (χ2v) is 6.62. The minimum Gasteiger partial charge on any atom is -0.460 e. The molecule has 0 heterocycles. The second kappa shape index (κ2) is 5.33. The van der Waals surface area contributed by atoms with Crippen LogP contribution in [0.4, 0.5) is 0 Å². The Labute approximate surface area is 116 Å². The predicted octanol–water partition coefficient (Wildman–Crippen LogP) is 3.36. The highest BCUT2D eigenvalue weighted by Gasteiger charge is 2.38. The lowest BCUT2D eigenvalue weighted by Crippen LogP contribution is -2.41. The van der Waals surface area contributed by atoms with Gasteiger partial charge in [-0.2, -0.15) is 0 Å². The summed E-state index contributed by atoms with van der Waals surface area (Å²) < 4.78 is 5.46. The molecule has 0 aliphatic heterocycles. The molecule has 0 aromatic heterocycles. The van der Waals surface area contributed by atoms with Crippen LogP contribution in [0.3, 0.4) is 0 Å². The van der Waals surface area contributed by atoms with Crippen molar-refractivity contribution >= 4 is 5.97 Å². The van der Waals surface area contributed by atoms with Gasteiger partial charge in [-0.3, -0.25) is 4.79 Å². The van der Waals surface area contributed by atoms with Crippen LogP contribution in [0.1, 0.15) is 51.8 Å². The third-order valence-corrected chi connectivity index (χ3v) is 3.10. The van der Waals surface area contributed by atoms with Crippen molar-refractivity contribution in [2.45, 2.75) is 53.2 Å². The van der Waals surface area contributed by atoms with E-state index in [0.29, 0.717) is 0 Å².